The Hall–Kier alpha value is -3.04. The zero-order chi connectivity index (χ0) is 22.5. The first kappa shape index (κ1) is 22.2. The molecule has 0 unspecified atom stereocenters. The first-order valence-electron chi connectivity index (χ1n) is 10.00. The molecular weight excluding hydrogens is 455 g/mol. The van der Waals surface area contributed by atoms with Crippen molar-refractivity contribution in [3.63, 3.8) is 0 Å². The number of nitrogens with one attached hydrogen (secondary N) is 1. The van der Waals surface area contributed by atoms with Crippen molar-refractivity contribution in [3.05, 3.63) is 69.9 Å². The number of anilines is 1. The fraction of sp³-hybridized carbons (Fsp3) is 0.273. The smallest absolute Gasteiger partial charge is 0.231 e. The maximum atomic E-state index is 13.0. The van der Waals surface area contributed by atoms with Crippen LogP contribution >= 0.6 is 22.9 Å². The Balaban J connectivity index is 1.25. The summed E-state index contributed by atoms with van der Waals surface area (Å²) >= 11 is 7.07. The Morgan fingerprint density at radius 1 is 1.19 bits per heavy atom. The monoisotopic (exact) mass is 474 g/mol. The predicted molar refractivity (Wildman–Crippen MR) is 119 cm³/mol. The maximum Gasteiger partial charge on any atom is 0.231 e. The van der Waals surface area contributed by atoms with Crippen molar-refractivity contribution in [2.75, 3.05) is 18.4 Å². The highest BCUT2D eigenvalue weighted by atomic mass is 35.5. The van der Waals surface area contributed by atoms with Gasteiger partial charge in [0.1, 0.15) is 18.2 Å². The molecule has 166 valence electrons. The standard InChI is InChI=1S/C22H20ClFN4O3S/c23-16-3-7-18(8-4-16)31-13-19-26-27-22(32-19)25-21(30)15-11-20(29)28(12-15)10-9-14-1-5-17(24)6-2-14/h1-8,15H,9-13H2,(H,25,27,30)/t15-/m0/s1. The third-order valence-electron chi connectivity index (χ3n) is 5.04. The average molecular weight is 475 g/mol. The van der Waals surface area contributed by atoms with Crippen molar-refractivity contribution < 1.29 is 18.7 Å². The Kier molecular flexibility index (Phi) is 6.96. The van der Waals surface area contributed by atoms with E-state index >= 15 is 0 Å². The molecule has 0 spiro atoms. The number of amides is 2. The Labute approximate surface area is 193 Å². The summed E-state index contributed by atoms with van der Waals surface area (Å²) in [7, 11) is 0. The van der Waals surface area contributed by atoms with E-state index in [0.717, 1.165) is 5.56 Å². The van der Waals surface area contributed by atoms with Crippen LogP contribution in [0.2, 0.25) is 5.02 Å². The van der Waals surface area contributed by atoms with Gasteiger partial charge in [-0.15, -0.1) is 10.2 Å². The highest BCUT2D eigenvalue weighted by Gasteiger charge is 2.34. The van der Waals surface area contributed by atoms with Gasteiger partial charge in [0.05, 0.1) is 5.92 Å². The van der Waals surface area contributed by atoms with Crippen LogP contribution < -0.4 is 10.1 Å². The number of rotatable bonds is 8. The SMILES string of the molecule is O=C(Nc1nnc(COc2ccc(Cl)cc2)s1)[C@H]1CC(=O)N(CCc2ccc(F)cc2)C1. The van der Waals surface area contributed by atoms with E-state index in [0.29, 0.717) is 40.4 Å². The topological polar surface area (TPSA) is 84.4 Å². The molecule has 2 aromatic carbocycles. The third-order valence-corrected chi connectivity index (χ3v) is 6.11. The van der Waals surface area contributed by atoms with Crippen molar-refractivity contribution >= 4 is 39.9 Å². The van der Waals surface area contributed by atoms with Crippen LogP contribution in [-0.4, -0.2) is 40.0 Å². The molecule has 1 saturated heterocycles. The van der Waals surface area contributed by atoms with Gasteiger partial charge in [-0.3, -0.25) is 9.59 Å². The summed E-state index contributed by atoms with van der Waals surface area (Å²) < 4.78 is 18.6. The molecule has 3 aromatic rings. The van der Waals surface area contributed by atoms with Crippen LogP contribution in [0, 0.1) is 11.7 Å². The number of hydrogen-bond donors (Lipinski definition) is 1. The molecule has 10 heteroatoms. The second-order valence-corrected chi connectivity index (χ2v) is 8.85. The first-order chi connectivity index (χ1) is 15.5. The molecule has 1 aromatic heterocycles. The molecule has 0 aliphatic carbocycles. The molecule has 4 rings (SSSR count). The molecule has 1 aliphatic rings. The van der Waals surface area contributed by atoms with Crippen LogP contribution in [0.3, 0.4) is 0 Å². The number of carbonyl (C=O) groups excluding carboxylic acids is 2. The summed E-state index contributed by atoms with van der Waals surface area (Å²) in [4.78, 5) is 26.6. The molecular formula is C22H20ClFN4O3S. The zero-order valence-corrected chi connectivity index (χ0v) is 18.5. The average Bonchev–Trinajstić information content (AvgIpc) is 3.39. The number of nitrogens with zero attached hydrogens (tertiary/aromatic N) is 3. The lowest BCUT2D eigenvalue weighted by atomic mass is 10.1. The molecule has 0 radical (unpaired) electrons. The van der Waals surface area contributed by atoms with E-state index in [-0.39, 0.29) is 30.7 Å². The fourth-order valence-electron chi connectivity index (χ4n) is 3.32. The zero-order valence-electron chi connectivity index (χ0n) is 17.0. The summed E-state index contributed by atoms with van der Waals surface area (Å²) in [5, 5.41) is 12.3. The number of aromatic nitrogens is 2. The van der Waals surface area contributed by atoms with Crippen LogP contribution in [0.1, 0.15) is 17.0 Å². The summed E-state index contributed by atoms with van der Waals surface area (Å²) in [5.41, 5.74) is 0.939. The molecule has 0 saturated carbocycles. The van der Waals surface area contributed by atoms with Crippen molar-refractivity contribution in [2.45, 2.75) is 19.4 Å². The van der Waals surface area contributed by atoms with Gasteiger partial charge in [0.25, 0.3) is 0 Å². The van der Waals surface area contributed by atoms with Gasteiger partial charge >= 0.3 is 0 Å². The lowest BCUT2D eigenvalue weighted by Crippen LogP contribution is -2.30. The Morgan fingerprint density at radius 2 is 1.94 bits per heavy atom. The maximum absolute atomic E-state index is 13.0. The minimum absolute atomic E-state index is 0.0680. The second kappa shape index (κ2) is 10.1. The van der Waals surface area contributed by atoms with Gasteiger partial charge in [0.15, 0.2) is 5.01 Å². The van der Waals surface area contributed by atoms with E-state index in [2.05, 4.69) is 15.5 Å². The highest BCUT2D eigenvalue weighted by molar-refractivity contribution is 7.15. The molecule has 1 atom stereocenters. The Morgan fingerprint density at radius 3 is 2.69 bits per heavy atom. The lowest BCUT2D eigenvalue weighted by Gasteiger charge is -2.16. The molecule has 2 amide bonds. The molecule has 32 heavy (non-hydrogen) atoms. The van der Waals surface area contributed by atoms with Gasteiger partial charge in [-0.2, -0.15) is 0 Å². The van der Waals surface area contributed by atoms with Gasteiger partial charge in [0, 0.05) is 24.5 Å². The van der Waals surface area contributed by atoms with E-state index in [9.17, 15) is 14.0 Å². The molecule has 2 heterocycles. The number of ether oxygens (including phenoxy) is 1. The van der Waals surface area contributed by atoms with E-state index in [1.165, 1.54) is 23.5 Å². The Bertz CT molecular complexity index is 1090. The largest absolute Gasteiger partial charge is 0.486 e. The molecule has 1 aliphatic heterocycles. The number of hydrogen-bond acceptors (Lipinski definition) is 6. The summed E-state index contributed by atoms with van der Waals surface area (Å²) in [6.07, 6.45) is 0.758. The summed E-state index contributed by atoms with van der Waals surface area (Å²) in [6, 6.07) is 13.2. The fourth-order valence-corrected chi connectivity index (χ4v) is 4.11. The van der Waals surface area contributed by atoms with Crippen molar-refractivity contribution in [3.8, 4) is 5.75 Å². The van der Waals surface area contributed by atoms with Gasteiger partial charge in [0.2, 0.25) is 16.9 Å². The van der Waals surface area contributed by atoms with Crippen molar-refractivity contribution in [1.82, 2.24) is 15.1 Å². The van der Waals surface area contributed by atoms with Gasteiger partial charge in [-0.25, -0.2) is 4.39 Å². The second-order valence-electron chi connectivity index (χ2n) is 7.35. The highest BCUT2D eigenvalue weighted by Crippen LogP contribution is 2.23. The van der Waals surface area contributed by atoms with E-state index in [1.54, 1.807) is 41.3 Å². The van der Waals surface area contributed by atoms with Gasteiger partial charge in [-0.1, -0.05) is 35.1 Å². The van der Waals surface area contributed by atoms with E-state index in [1.807, 2.05) is 0 Å². The van der Waals surface area contributed by atoms with Crippen LogP contribution in [0.15, 0.2) is 48.5 Å². The van der Waals surface area contributed by atoms with Crippen LogP contribution in [0.5, 0.6) is 5.75 Å². The predicted octanol–water partition coefficient (Wildman–Crippen LogP) is 3.94. The number of likely N-dealkylation sites (tertiary alicyclic amines) is 1. The number of halogens is 2. The van der Waals surface area contributed by atoms with Crippen LogP contribution in [0.4, 0.5) is 9.52 Å². The normalized spacial score (nSPS) is 15.8. The minimum Gasteiger partial charge on any atom is -0.486 e. The third kappa shape index (κ3) is 5.80. The minimum atomic E-state index is -0.451. The van der Waals surface area contributed by atoms with Crippen molar-refractivity contribution in [2.24, 2.45) is 5.92 Å². The molecule has 1 fully saturated rings. The van der Waals surface area contributed by atoms with Crippen LogP contribution in [-0.2, 0) is 22.6 Å². The first-order valence-corrected chi connectivity index (χ1v) is 11.2. The number of benzene rings is 2. The quantitative estimate of drug-likeness (QED) is 0.534. The van der Waals surface area contributed by atoms with Crippen molar-refractivity contribution in [1.29, 1.82) is 0 Å². The van der Waals surface area contributed by atoms with Crippen LogP contribution in [0.25, 0.3) is 0 Å². The van der Waals surface area contributed by atoms with Gasteiger partial charge < -0.3 is 15.0 Å². The van der Waals surface area contributed by atoms with E-state index in [4.69, 9.17) is 16.3 Å². The number of carbonyl (C=O) groups is 2. The molecule has 1 N–H and O–H groups in total. The lowest BCUT2D eigenvalue weighted by molar-refractivity contribution is -0.128. The molecule has 0 bridgehead atoms. The molecule has 7 nitrogen and oxygen atoms in total. The van der Waals surface area contributed by atoms with E-state index < -0.39 is 5.92 Å². The summed E-state index contributed by atoms with van der Waals surface area (Å²) in [6.45, 7) is 1.05. The summed E-state index contributed by atoms with van der Waals surface area (Å²) in [5.74, 6) is -0.418. The van der Waals surface area contributed by atoms with Gasteiger partial charge in [-0.05, 0) is 48.4 Å².